The van der Waals surface area contributed by atoms with Crippen molar-refractivity contribution in [2.45, 2.75) is 194 Å². The van der Waals surface area contributed by atoms with E-state index in [1.807, 2.05) is 34.6 Å². The predicted octanol–water partition coefficient (Wildman–Crippen LogP) is 9.79. The van der Waals surface area contributed by atoms with Crippen molar-refractivity contribution >= 4 is 41.4 Å². The van der Waals surface area contributed by atoms with E-state index in [1.54, 1.807) is 0 Å². The number of rotatable bonds is 11. The van der Waals surface area contributed by atoms with Crippen LogP contribution in [0, 0.1) is 19.7 Å². The third-order valence-corrected chi connectivity index (χ3v) is 25.4. The molecule has 0 unspecified atom stereocenters. The maximum atomic E-state index is 16.9. The van der Waals surface area contributed by atoms with E-state index in [0.29, 0.717) is 11.1 Å². The second kappa shape index (κ2) is 15.7. The second-order valence-electron chi connectivity index (χ2n) is 19.9. The molecule has 8 nitrogen and oxygen atoms in total. The maximum Gasteiger partial charge on any atom is 0.337 e. The first-order valence-corrected chi connectivity index (χ1v) is 27.3. The van der Waals surface area contributed by atoms with Crippen molar-refractivity contribution < 1.29 is 41.1 Å². The van der Waals surface area contributed by atoms with Crippen LogP contribution in [0.3, 0.4) is 0 Å². The van der Waals surface area contributed by atoms with Gasteiger partial charge in [0.15, 0.2) is 42.6 Å². The summed E-state index contributed by atoms with van der Waals surface area (Å²) in [5.74, 6) is -1.15. The molecule has 1 aromatic rings. The standard InChI is InChI=1S/C38H70FO8Si4/c1-23-24(2)28(27(39)25(22-42-48)26(23)35(3,4)5)43-34-32(47-51(20,21)38(12,13)14)30(46-50(18,19)37(9,10)11)29(31(44-34)33(40)41-15)45-49(16,17)36(6,7)8/h29-32,34H,22H2,1-21H3/t29-,30+,31+,32-,34-/m1/s1. The minimum Gasteiger partial charge on any atom is -0.467 e. The van der Waals surface area contributed by atoms with Crippen LogP contribution in [0.25, 0.3) is 0 Å². The second-order valence-corrected chi connectivity index (χ2v) is 34.4. The first-order valence-electron chi connectivity index (χ1n) is 18.2. The van der Waals surface area contributed by atoms with Crippen LogP contribution in [0.2, 0.25) is 54.4 Å². The molecule has 0 aliphatic carbocycles. The summed E-state index contributed by atoms with van der Waals surface area (Å²) >= 11 is 0. The third-order valence-electron chi connectivity index (χ3n) is 11.9. The molecule has 1 aliphatic heterocycles. The molecule has 0 bridgehead atoms. The Balaban J connectivity index is 3.06. The number of carbonyl (C=O) groups is 1. The zero-order valence-electron chi connectivity index (χ0n) is 35.7. The highest BCUT2D eigenvalue weighted by molar-refractivity contribution is 6.75. The van der Waals surface area contributed by atoms with Crippen molar-refractivity contribution in [2.24, 2.45) is 0 Å². The zero-order valence-corrected chi connectivity index (χ0v) is 39.7. The number of hydrogen-bond acceptors (Lipinski definition) is 8. The summed E-state index contributed by atoms with van der Waals surface area (Å²) in [5.41, 5.74) is 2.35. The zero-order chi connectivity index (χ0) is 40.1. The van der Waals surface area contributed by atoms with Gasteiger partial charge >= 0.3 is 5.97 Å². The Morgan fingerprint density at radius 2 is 1.14 bits per heavy atom. The van der Waals surface area contributed by atoms with Gasteiger partial charge in [0.05, 0.1) is 13.7 Å². The lowest BCUT2D eigenvalue weighted by atomic mass is 9.79. The minimum atomic E-state index is -2.60. The number of carbonyl (C=O) groups excluding carboxylic acids is 1. The Bertz CT molecular complexity index is 1390. The van der Waals surface area contributed by atoms with Gasteiger partial charge < -0.3 is 31.9 Å². The molecule has 1 heterocycles. The van der Waals surface area contributed by atoms with E-state index in [-0.39, 0.29) is 32.9 Å². The highest BCUT2D eigenvalue weighted by Crippen LogP contribution is 2.47. The summed E-state index contributed by atoms with van der Waals surface area (Å²) in [6.07, 6.45) is -5.04. The smallest absolute Gasteiger partial charge is 0.337 e. The molecule has 13 heteroatoms. The number of methoxy groups -OCH3 is 1. The van der Waals surface area contributed by atoms with Crippen molar-refractivity contribution in [2.75, 3.05) is 7.11 Å². The van der Waals surface area contributed by atoms with Crippen LogP contribution in [0.4, 0.5) is 4.39 Å². The normalized spacial score (nSPS) is 23.0. The van der Waals surface area contributed by atoms with E-state index in [2.05, 4.69) is 112 Å². The summed E-state index contributed by atoms with van der Waals surface area (Å²) in [6.45, 7) is 42.3. The fourth-order valence-corrected chi connectivity index (χ4v) is 9.64. The minimum absolute atomic E-state index is 0.0199. The molecule has 293 valence electrons. The molecule has 0 spiro atoms. The Morgan fingerprint density at radius 1 is 0.725 bits per heavy atom. The highest BCUT2D eigenvalue weighted by atomic mass is 28.4. The SMILES string of the molecule is COC(=O)[C@H]1O[C@@H](Oc2c(C)c(C)c(C(C)(C)C)c(CO[Si])c2F)[C@H](O[Si](C)(C)C(C)(C)C)[C@@H](O[Si](C)(C)C(C)(C)C)[C@H]1O[Si](C)(C)C(C)(C)C. The highest BCUT2D eigenvalue weighted by Gasteiger charge is 2.59. The van der Waals surface area contributed by atoms with Crippen LogP contribution in [0.15, 0.2) is 0 Å². The van der Waals surface area contributed by atoms with Gasteiger partial charge in [-0.3, -0.25) is 0 Å². The molecule has 3 radical (unpaired) electrons. The topological polar surface area (TPSA) is 81.7 Å². The monoisotopic (exact) mass is 785 g/mol. The Morgan fingerprint density at radius 3 is 1.51 bits per heavy atom. The van der Waals surface area contributed by atoms with Gasteiger partial charge in [-0.15, -0.1) is 0 Å². The summed E-state index contributed by atoms with van der Waals surface area (Å²) < 4.78 is 62.8. The molecule has 0 saturated carbocycles. The summed E-state index contributed by atoms with van der Waals surface area (Å²) in [7, 11) is -3.30. The largest absolute Gasteiger partial charge is 0.467 e. The molecule has 0 amide bonds. The van der Waals surface area contributed by atoms with E-state index in [4.69, 9.17) is 31.9 Å². The van der Waals surface area contributed by atoms with E-state index in [0.717, 1.165) is 11.1 Å². The number of benzene rings is 1. The Hall–Kier alpha value is -0.912. The molecular formula is C38H70FO8Si4. The van der Waals surface area contributed by atoms with E-state index < -0.39 is 67.4 Å². The van der Waals surface area contributed by atoms with Crippen LogP contribution in [0.1, 0.15) is 105 Å². The van der Waals surface area contributed by atoms with Crippen LogP contribution in [-0.2, 0) is 44.0 Å². The van der Waals surface area contributed by atoms with E-state index >= 15 is 4.39 Å². The van der Waals surface area contributed by atoms with E-state index in [1.165, 1.54) is 7.11 Å². The molecule has 1 aromatic carbocycles. The molecule has 1 saturated heterocycles. The van der Waals surface area contributed by atoms with Crippen LogP contribution < -0.4 is 4.74 Å². The Kier molecular flexibility index (Phi) is 14.2. The average molecular weight is 786 g/mol. The lowest BCUT2D eigenvalue weighted by molar-refractivity contribution is -0.263. The van der Waals surface area contributed by atoms with Crippen molar-refractivity contribution in [3.8, 4) is 5.75 Å². The van der Waals surface area contributed by atoms with Gasteiger partial charge in [-0.1, -0.05) is 83.1 Å². The first-order chi connectivity index (χ1) is 22.7. The number of esters is 1. The maximum absolute atomic E-state index is 16.9. The van der Waals surface area contributed by atoms with Gasteiger partial charge in [0.1, 0.15) is 18.3 Å². The molecular weight excluding hydrogens is 716 g/mol. The van der Waals surface area contributed by atoms with Gasteiger partial charge in [0.2, 0.25) is 16.8 Å². The summed E-state index contributed by atoms with van der Waals surface area (Å²) in [5, 5.41) is -0.600. The number of hydrogen-bond donors (Lipinski definition) is 0. The van der Waals surface area contributed by atoms with Gasteiger partial charge in [0.25, 0.3) is 0 Å². The van der Waals surface area contributed by atoms with Crippen molar-refractivity contribution in [3.63, 3.8) is 0 Å². The lowest BCUT2D eigenvalue weighted by Gasteiger charge is -2.53. The number of halogens is 1. The summed E-state index contributed by atoms with van der Waals surface area (Å²) in [6, 6.07) is 0. The molecule has 51 heavy (non-hydrogen) atoms. The van der Waals surface area contributed by atoms with Crippen LogP contribution in [0.5, 0.6) is 5.75 Å². The molecule has 0 N–H and O–H groups in total. The van der Waals surface area contributed by atoms with Crippen molar-refractivity contribution in [3.05, 3.63) is 28.1 Å². The van der Waals surface area contributed by atoms with Gasteiger partial charge in [-0.2, -0.15) is 0 Å². The van der Waals surface area contributed by atoms with Gasteiger partial charge in [0, 0.05) is 5.56 Å². The van der Waals surface area contributed by atoms with Crippen molar-refractivity contribution in [1.29, 1.82) is 0 Å². The van der Waals surface area contributed by atoms with Gasteiger partial charge in [-0.25, -0.2) is 9.18 Å². The van der Waals surface area contributed by atoms with Crippen LogP contribution in [-0.4, -0.2) is 79.2 Å². The fourth-order valence-electron chi connectivity index (χ4n) is 5.63. The average Bonchev–Trinajstić information content (AvgIpc) is 2.93. The fraction of sp³-hybridized carbons (Fsp3) is 0.816. The van der Waals surface area contributed by atoms with Gasteiger partial charge in [-0.05, 0) is 90.3 Å². The van der Waals surface area contributed by atoms with Crippen molar-refractivity contribution in [1.82, 2.24) is 0 Å². The molecule has 1 fully saturated rings. The Labute approximate surface area is 316 Å². The molecule has 5 atom stereocenters. The number of ether oxygens (including phenoxy) is 3. The van der Waals surface area contributed by atoms with E-state index in [9.17, 15) is 4.79 Å². The van der Waals surface area contributed by atoms with Crippen LogP contribution >= 0.6 is 0 Å². The molecule has 1 aliphatic rings. The first kappa shape index (κ1) is 46.2. The molecule has 0 aromatic heterocycles. The quantitative estimate of drug-likeness (QED) is 0.162. The predicted molar refractivity (Wildman–Crippen MR) is 213 cm³/mol. The third kappa shape index (κ3) is 10.0. The lowest BCUT2D eigenvalue weighted by Crippen LogP contribution is -2.69. The summed E-state index contributed by atoms with van der Waals surface area (Å²) in [4.78, 5) is 13.8. The molecule has 2 rings (SSSR count).